The highest BCUT2D eigenvalue weighted by atomic mass is 16.6. The summed E-state index contributed by atoms with van der Waals surface area (Å²) in [6.45, 7) is 3.41. The normalized spacial score (nSPS) is 18.2. The number of fused-ring (bicyclic) bond motifs is 1. The van der Waals surface area contributed by atoms with Crippen molar-refractivity contribution in [3.63, 3.8) is 0 Å². The van der Waals surface area contributed by atoms with Gasteiger partial charge in [0.25, 0.3) is 5.91 Å². The van der Waals surface area contributed by atoms with E-state index < -0.39 is 41.7 Å². The molecule has 3 heterocycles. The first-order valence-corrected chi connectivity index (χ1v) is 13.7. The number of benzene rings is 1. The number of pyridine rings is 1. The van der Waals surface area contributed by atoms with Gasteiger partial charge in [0.15, 0.2) is 0 Å². The highest BCUT2D eigenvalue weighted by Gasteiger charge is 2.37. The summed E-state index contributed by atoms with van der Waals surface area (Å²) in [5.41, 5.74) is 6.88. The fourth-order valence-electron chi connectivity index (χ4n) is 5.61. The molecule has 2 aliphatic rings. The summed E-state index contributed by atoms with van der Waals surface area (Å²) < 4.78 is 5.05. The number of primary amides is 1. The third kappa shape index (κ3) is 6.50. The number of hydrogen-bond donors (Lipinski definition) is 3. The Morgan fingerprint density at radius 2 is 1.73 bits per heavy atom. The minimum atomic E-state index is -1.11. The maximum absolute atomic E-state index is 14.0. The van der Waals surface area contributed by atoms with Crippen molar-refractivity contribution >= 4 is 46.4 Å². The number of anilines is 1. The standard InChI is InChI=1S/C28H35N5O8/c1-2-41-28(40)32-14-12-31(13-15-32)26(37)19(9-10-21(34)35)23-22(25(29)36)24(18-7-3-4-8-20(18)30-23)33-11-5-6-17(16-33)27(38)39/h3-4,7-8,17,19H,2,5-6,9-16H2,1H3,(H2,29,36)(H,34,35)(H,38,39). The molecule has 0 saturated carbocycles. The van der Waals surface area contributed by atoms with Crippen molar-refractivity contribution in [2.45, 2.75) is 38.5 Å². The number of para-hydroxylation sites is 1. The highest BCUT2D eigenvalue weighted by molar-refractivity contribution is 6.09. The van der Waals surface area contributed by atoms with Crippen molar-refractivity contribution in [2.75, 3.05) is 50.8 Å². The molecule has 3 amide bonds. The number of carbonyl (C=O) groups excluding carboxylic acids is 3. The molecule has 13 nitrogen and oxygen atoms in total. The summed E-state index contributed by atoms with van der Waals surface area (Å²) in [6.07, 6.45) is 0.111. The van der Waals surface area contributed by atoms with Gasteiger partial charge in [-0.2, -0.15) is 0 Å². The van der Waals surface area contributed by atoms with Gasteiger partial charge in [-0.05, 0) is 32.3 Å². The number of piperidine rings is 1. The molecule has 41 heavy (non-hydrogen) atoms. The van der Waals surface area contributed by atoms with Crippen molar-refractivity contribution in [3.05, 3.63) is 35.5 Å². The second-order valence-electron chi connectivity index (χ2n) is 10.2. The average Bonchev–Trinajstić information content (AvgIpc) is 2.96. The van der Waals surface area contributed by atoms with Crippen molar-refractivity contribution in [1.82, 2.24) is 14.8 Å². The molecule has 220 valence electrons. The van der Waals surface area contributed by atoms with Crippen molar-refractivity contribution in [1.29, 1.82) is 0 Å². The first kappa shape index (κ1) is 29.6. The van der Waals surface area contributed by atoms with Crippen LogP contribution in [0.1, 0.15) is 54.6 Å². The Balaban J connectivity index is 1.79. The molecule has 2 fully saturated rings. The van der Waals surface area contributed by atoms with Gasteiger partial charge in [-0.1, -0.05) is 18.2 Å². The van der Waals surface area contributed by atoms with Crippen LogP contribution in [0.4, 0.5) is 10.5 Å². The number of rotatable bonds is 9. The Bertz CT molecular complexity index is 1340. The Morgan fingerprint density at radius 1 is 1.05 bits per heavy atom. The van der Waals surface area contributed by atoms with Gasteiger partial charge >= 0.3 is 18.0 Å². The molecule has 2 atom stereocenters. The van der Waals surface area contributed by atoms with E-state index in [4.69, 9.17) is 15.5 Å². The number of nitrogens with zero attached hydrogens (tertiary/aromatic N) is 4. The van der Waals surface area contributed by atoms with Gasteiger partial charge in [-0.3, -0.25) is 24.2 Å². The van der Waals surface area contributed by atoms with E-state index in [1.165, 1.54) is 9.80 Å². The van der Waals surface area contributed by atoms with E-state index in [2.05, 4.69) is 0 Å². The maximum Gasteiger partial charge on any atom is 0.409 e. The third-order valence-corrected chi connectivity index (χ3v) is 7.62. The van der Waals surface area contributed by atoms with E-state index in [1.807, 2.05) is 4.90 Å². The van der Waals surface area contributed by atoms with Crippen LogP contribution in [0.25, 0.3) is 10.9 Å². The van der Waals surface area contributed by atoms with Crippen molar-refractivity contribution < 1.29 is 38.9 Å². The van der Waals surface area contributed by atoms with Crippen LogP contribution in [-0.2, 0) is 19.1 Å². The SMILES string of the molecule is CCOC(=O)N1CCN(C(=O)C(CCC(=O)O)c2nc3ccccc3c(N3CCCC(C(=O)O)C3)c2C(N)=O)CC1. The summed E-state index contributed by atoms with van der Waals surface area (Å²) >= 11 is 0. The Labute approximate surface area is 236 Å². The molecule has 2 unspecified atom stereocenters. The van der Waals surface area contributed by atoms with Crippen LogP contribution in [-0.4, -0.2) is 101 Å². The lowest BCUT2D eigenvalue weighted by molar-refractivity contribution is -0.142. The van der Waals surface area contributed by atoms with Crippen LogP contribution < -0.4 is 10.6 Å². The molecule has 1 aromatic heterocycles. The topological polar surface area (TPSA) is 184 Å². The van der Waals surface area contributed by atoms with E-state index in [0.29, 0.717) is 36.0 Å². The first-order chi connectivity index (χ1) is 19.6. The molecule has 2 aliphatic heterocycles. The first-order valence-electron chi connectivity index (χ1n) is 13.7. The minimum absolute atomic E-state index is 0.0105. The van der Waals surface area contributed by atoms with Crippen molar-refractivity contribution in [3.8, 4) is 0 Å². The van der Waals surface area contributed by atoms with E-state index in [-0.39, 0.29) is 63.4 Å². The number of aromatic nitrogens is 1. The Morgan fingerprint density at radius 3 is 2.37 bits per heavy atom. The molecule has 2 aromatic rings. The second kappa shape index (κ2) is 12.8. The van der Waals surface area contributed by atoms with Gasteiger partial charge in [-0.25, -0.2) is 4.79 Å². The monoisotopic (exact) mass is 569 g/mol. The van der Waals surface area contributed by atoms with Crippen LogP contribution in [0.15, 0.2) is 24.3 Å². The predicted octanol–water partition coefficient (Wildman–Crippen LogP) is 1.88. The Kier molecular flexibility index (Phi) is 9.25. The number of aliphatic carboxylic acids is 2. The van der Waals surface area contributed by atoms with Crippen LogP contribution in [0.2, 0.25) is 0 Å². The summed E-state index contributed by atoms with van der Waals surface area (Å²) in [5, 5.41) is 19.8. The van der Waals surface area contributed by atoms with Gasteiger partial charge in [0.05, 0.1) is 40.9 Å². The van der Waals surface area contributed by atoms with Crippen LogP contribution in [0.3, 0.4) is 0 Å². The minimum Gasteiger partial charge on any atom is -0.481 e. The summed E-state index contributed by atoms with van der Waals surface area (Å²) in [5.74, 6) is -5.08. The molecule has 2 saturated heterocycles. The smallest absolute Gasteiger partial charge is 0.409 e. The molecule has 0 bridgehead atoms. The highest BCUT2D eigenvalue weighted by Crippen LogP contribution is 2.38. The Hall–Kier alpha value is -4.42. The van der Waals surface area contributed by atoms with Gasteiger partial charge in [0.2, 0.25) is 5.91 Å². The lowest BCUT2D eigenvalue weighted by Crippen LogP contribution is -2.52. The van der Waals surface area contributed by atoms with E-state index in [9.17, 15) is 34.2 Å². The summed E-state index contributed by atoms with van der Waals surface area (Å²) in [4.78, 5) is 72.2. The van der Waals surface area contributed by atoms with Crippen molar-refractivity contribution in [2.24, 2.45) is 11.7 Å². The molecule has 0 spiro atoms. The number of carbonyl (C=O) groups is 5. The number of piperazine rings is 1. The maximum atomic E-state index is 14.0. The van der Waals surface area contributed by atoms with E-state index in [0.717, 1.165) is 0 Å². The quantitative estimate of drug-likeness (QED) is 0.403. The van der Waals surface area contributed by atoms with E-state index >= 15 is 0 Å². The zero-order valence-electron chi connectivity index (χ0n) is 23.0. The van der Waals surface area contributed by atoms with Crippen LogP contribution >= 0.6 is 0 Å². The summed E-state index contributed by atoms with van der Waals surface area (Å²) in [7, 11) is 0. The van der Waals surface area contributed by atoms with Gasteiger partial charge < -0.3 is 35.4 Å². The van der Waals surface area contributed by atoms with Gasteiger partial charge in [-0.15, -0.1) is 0 Å². The molecule has 4 rings (SSSR count). The number of carboxylic acids is 2. The molecule has 4 N–H and O–H groups in total. The van der Waals surface area contributed by atoms with Gasteiger partial charge in [0.1, 0.15) is 0 Å². The third-order valence-electron chi connectivity index (χ3n) is 7.62. The molecule has 1 aromatic carbocycles. The second-order valence-corrected chi connectivity index (χ2v) is 10.2. The van der Waals surface area contributed by atoms with Crippen LogP contribution in [0.5, 0.6) is 0 Å². The fourth-order valence-corrected chi connectivity index (χ4v) is 5.61. The average molecular weight is 570 g/mol. The number of ether oxygens (including phenoxy) is 1. The molecular weight excluding hydrogens is 534 g/mol. The zero-order chi connectivity index (χ0) is 29.7. The lowest BCUT2D eigenvalue weighted by atomic mass is 9.89. The summed E-state index contributed by atoms with van der Waals surface area (Å²) in [6, 6.07) is 7.02. The molecule has 0 radical (unpaired) electrons. The van der Waals surface area contributed by atoms with Crippen LogP contribution in [0, 0.1) is 5.92 Å². The fraction of sp³-hybridized carbons (Fsp3) is 0.500. The molecule has 13 heteroatoms. The number of carboxylic acid groups (broad SMARTS) is 2. The largest absolute Gasteiger partial charge is 0.481 e. The van der Waals surface area contributed by atoms with E-state index in [1.54, 1.807) is 31.2 Å². The molecule has 0 aliphatic carbocycles. The van der Waals surface area contributed by atoms with Gasteiger partial charge in [0, 0.05) is 51.1 Å². The number of amides is 3. The number of nitrogens with two attached hydrogens (primary N) is 1. The number of hydrogen-bond acceptors (Lipinski definition) is 8. The molecular formula is C28H35N5O8. The zero-order valence-corrected chi connectivity index (χ0v) is 23.0. The lowest BCUT2D eigenvalue weighted by Gasteiger charge is -2.37. The predicted molar refractivity (Wildman–Crippen MR) is 148 cm³/mol.